The van der Waals surface area contributed by atoms with Gasteiger partial charge in [-0.15, -0.1) is 0 Å². The van der Waals surface area contributed by atoms with Crippen LogP contribution < -0.4 is 4.74 Å². The maximum atomic E-state index is 10.6. The fraction of sp³-hybridized carbons (Fsp3) is 0.333. The number of hydrogen-bond donors (Lipinski definition) is 0. The summed E-state index contributed by atoms with van der Waals surface area (Å²) in [7, 11) is 0. The van der Waals surface area contributed by atoms with Gasteiger partial charge in [0.05, 0.1) is 0 Å². The van der Waals surface area contributed by atoms with Gasteiger partial charge < -0.3 is 9.15 Å². The summed E-state index contributed by atoms with van der Waals surface area (Å²) >= 11 is 0. The summed E-state index contributed by atoms with van der Waals surface area (Å²) in [6.45, 7) is 1.71. The van der Waals surface area contributed by atoms with Gasteiger partial charge in [0.1, 0.15) is 0 Å². The molecule has 10 heavy (non-hydrogen) atoms. The van der Waals surface area contributed by atoms with Crippen LogP contribution in [-0.4, -0.2) is 11.0 Å². The molecule has 0 aliphatic carbocycles. The summed E-state index contributed by atoms with van der Waals surface area (Å²) in [4.78, 5) is 14.2. The van der Waals surface area contributed by atoms with Crippen LogP contribution >= 0.6 is 0 Å². The molecule has 0 radical (unpaired) electrons. The van der Waals surface area contributed by atoms with Crippen LogP contribution in [0.25, 0.3) is 0 Å². The molecule has 4 heteroatoms. The van der Waals surface area contributed by atoms with E-state index in [2.05, 4.69) is 14.1 Å². The minimum absolute atomic E-state index is 0.215. The first kappa shape index (κ1) is 6.80. The number of aromatic nitrogens is 1. The van der Waals surface area contributed by atoms with Crippen molar-refractivity contribution < 1.29 is 13.9 Å². The van der Waals surface area contributed by atoms with Crippen molar-refractivity contribution in [3.63, 3.8) is 0 Å². The third-order valence-corrected chi connectivity index (χ3v) is 0.917. The Balaban J connectivity index is 2.48. The average Bonchev–Trinajstić information content (AvgIpc) is 2.40. The van der Waals surface area contributed by atoms with Crippen LogP contribution in [0.3, 0.4) is 0 Å². The quantitative estimate of drug-likeness (QED) is 0.576. The Bertz CT molecular complexity index is 205. The molecule has 1 aromatic heterocycles. The molecular formula is C6H7NO3. The summed E-state index contributed by atoms with van der Waals surface area (Å²) in [5.41, 5.74) is 0. The number of carbonyl (C=O) groups excluding carboxylic acids is 1. The molecule has 0 aliphatic rings. The summed E-state index contributed by atoms with van der Waals surface area (Å²) in [6, 6.07) is 0. The Morgan fingerprint density at radius 2 is 2.70 bits per heavy atom. The molecule has 54 valence electrons. The maximum Gasteiger partial charge on any atom is 0.312 e. The normalized spacial score (nSPS) is 9.30. The summed E-state index contributed by atoms with van der Waals surface area (Å²) < 4.78 is 9.23. The molecule has 1 heterocycles. The van der Waals surface area contributed by atoms with Crippen LogP contribution in [0.4, 0.5) is 0 Å². The number of carbonyl (C=O) groups is 1. The van der Waals surface area contributed by atoms with E-state index in [0.29, 0.717) is 6.42 Å². The van der Waals surface area contributed by atoms with Gasteiger partial charge in [0, 0.05) is 6.42 Å². The summed E-state index contributed by atoms with van der Waals surface area (Å²) in [5.74, 6) is -0.0965. The molecule has 0 amide bonds. The maximum absolute atomic E-state index is 10.6. The SMILES string of the molecule is CCC(=O)Oc1cocn1. The van der Waals surface area contributed by atoms with E-state index in [-0.39, 0.29) is 11.8 Å². The van der Waals surface area contributed by atoms with Gasteiger partial charge in [0.25, 0.3) is 5.88 Å². The lowest BCUT2D eigenvalue weighted by Gasteiger charge is -1.93. The lowest BCUT2D eigenvalue weighted by molar-refractivity contribution is -0.134. The van der Waals surface area contributed by atoms with E-state index in [0.717, 1.165) is 0 Å². The molecule has 0 saturated heterocycles. The fourth-order valence-electron chi connectivity index (χ4n) is 0.441. The van der Waals surface area contributed by atoms with Crippen molar-refractivity contribution in [2.45, 2.75) is 13.3 Å². The van der Waals surface area contributed by atoms with Gasteiger partial charge in [0.2, 0.25) is 0 Å². The lowest BCUT2D eigenvalue weighted by atomic mass is 10.5. The first-order valence-corrected chi connectivity index (χ1v) is 2.91. The third-order valence-electron chi connectivity index (χ3n) is 0.917. The Morgan fingerprint density at radius 3 is 3.20 bits per heavy atom. The van der Waals surface area contributed by atoms with E-state index in [4.69, 9.17) is 0 Å². The molecule has 0 bridgehead atoms. The monoisotopic (exact) mass is 141 g/mol. The smallest absolute Gasteiger partial charge is 0.312 e. The van der Waals surface area contributed by atoms with E-state index in [1.807, 2.05) is 0 Å². The Hall–Kier alpha value is -1.32. The molecule has 0 saturated carbocycles. The standard InChI is InChI=1S/C6H7NO3/c1-2-6(8)10-5-3-9-4-7-5/h3-4H,2H2,1H3. The highest BCUT2D eigenvalue weighted by molar-refractivity contribution is 5.71. The second-order valence-corrected chi connectivity index (χ2v) is 1.65. The molecule has 0 unspecified atom stereocenters. The van der Waals surface area contributed by atoms with Gasteiger partial charge in [0.15, 0.2) is 12.7 Å². The largest absolute Gasteiger partial charge is 0.448 e. The highest BCUT2D eigenvalue weighted by atomic mass is 16.5. The van der Waals surface area contributed by atoms with Crippen LogP contribution in [0.1, 0.15) is 13.3 Å². The van der Waals surface area contributed by atoms with Gasteiger partial charge in [-0.2, -0.15) is 4.98 Å². The Labute approximate surface area is 57.8 Å². The molecule has 0 spiro atoms. The zero-order chi connectivity index (χ0) is 7.40. The molecule has 0 aliphatic heterocycles. The minimum atomic E-state index is -0.311. The molecule has 0 aromatic carbocycles. The van der Waals surface area contributed by atoms with Crippen LogP contribution in [0.2, 0.25) is 0 Å². The summed E-state index contributed by atoms with van der Waals surface area (Å²) in [5, 5.41) is 0. The van der Waals surface area contributed by atoms with Crippen molar-refractivity contribution in [2.75, 3.05) is 0 Å². The molecule has 0 N–H and O–H groups in total. The Morgan fingerprint density at radius 1 is 1.90 bits per heavy atom. The molecular weight excluding hydrogens is 134 g/mol. The highest BCUT2D eigenvalue weighted by Crippen LogP contribution is 2.04. The number of hydrogen-bond acceptors (Lipinski definition) is 4. The number of esters is 1. The van der Waals surface area contributed by atoms with Crippen molar-refractivity contribution in [3.05, 3.63) is 12.7 Å². The second-order valence-electron chi connectivity index (χ2n) is 1.65. The zero-order valence-electron chi connectivity index (χ0n) is 5.53. The first-order chi connectivity index (χ1) is 4.83. The number of ether oxygens (including phenoxy) is 1. The molecule has 4 nitrogen and oxygen atoms in total. The Kier molecular flexibility index (Phi) is 2.04. The van der Waals surface area contributed by atoms with E-state index >= 15 is 0 Å². The minimum Gasteiger partial charge on any atom is -0.448 e. The molecule has 0 atom stereocenters. The van der Waals surface area contributed by atoms with E-state index < -0.39 is 0 Å². The van der Waals surface area contributed by atoms with Crippen molar-refractivity contribution in [3.8, 4) is 5.88 Å². The van der Waals surface area contributed by atoms with E-state index in [1.165, 1.54) is 12.7 Å². The van der Waals surface area contributed by atoms with E-state index in [1.54, 1.807) is 6.92 Å². The van der Waals surface area contributed by atoms with Crippen LogP contribution in [0, 0.1) is 0 Å². The number of nitrogens with zero attached hydrogens (tertiary/aromatic N) is 1. The van der Waals surface area contributed by atoms with Gasteiger partial charge in [-0.05, 0) is 0 Å². The predicted molar refractivity (Wildman–Crippen MR) is 32.4 cm³/mol. The average molecular weight is 141 g/mol. The predicted octanol–water partition coefficient (Wildman–Crippen LogP) is 0.990. The van der Waals surface area contributed by atoms with Gasteiger partial charge in [-0.1, -0.05) is 6.92 Å². The molecule has 0 fully saturated rings. The number of rotatable bonds is 2. The van der Waals surface area contributed by atoms with Gasteiger partial charge in [-0.25, -0.2) is 0 Å². The highest BCUT2D eigenvalue weighted by Gasteiger charge is 2.01. The number of oxazole rings is 1. The van der Waals surface area contributed by atoms with Gasteiger partial charge >= 0.3 is 5.97 Å². The van der Waals surface area contributed by atoms with Crippen molar-refractivity contribution in [1.29, 1.82) is 0 Å². The lowest BCUT2D eigenvalue weighted by Crippen LogP contribution is -2.05. The van der Waals surface area contributed by atoms with Crippen molar-refractivity contribution in [1.82, 2.24) is 4.98 Å². The van der Waals surface area contributed by atoms with Crippen molar-refractivity contribution in [2.24, 2.45) is 0 Å². The first-order valence-electron chi connectivity index (χ1n) is 2.91. The van der Waals surface area contributed by atoms with Crippen LogP contribution in [-0.2, 0) is 4.79 Å². The van der Waals surface area contributed by atoms with Gasteiger partial charge in [-0.3, -0.25) is 4.79 Å². The fourth-order valence-corrected chi connectivity index (χ4v) is 0.441. The molecule has 1 rings (SSSR count). The summed E-state index contributed by atoms with van der Waals surface area (Å²) in [6.07, 6.45) is 2.82. The van der Waals surface area contributed by atoms with E-state index in [9.17, 15) is 4.79 Å². The third kappa shape index (κ3) is 1.58. The molecule has 1 aromatic rings. The second kappa shape index (κ2) is 3.00. The van der Waals surface area contributed by atoms with Crippen LogP contribution in [0.15, 0.2) is 17.1 Å². The topological polar surface area (TPSA) is 52.3 Å². The zero-order valence-corrected chi connectivity index (χ0v) is 5.53. The van der Waals surface area contributed by atoms with Crippen LogP contribution in [0.5, 0.6) is 5.88 Å². The van der Waals surface area contributed by atoms with Crippen molar-refractivity contribution >= 4 is 5.97 Å².